The summed E-state index contributed by atoms with van der Waals surface area (Å²) in [6.45, 7) is 7.68. The molecule has 0 N–H and O–H groups in total. The molecule has 1 saturated carbocycles. The first kappa shape index (κ1) is 17.1. The number of piperazine rings is 1. The molecule has 1 aromatic rings. The third kappa shape index (κ3) is 4.07. The molecule has 3 aliphatic rings. The van der Waals surface area contributed by atoms with Gasteiger partial charge in [-0.1, -0.05) is 11.6 Å². The minimum absolute atomic E-state index is 0.0153. The van der Waals surface area contributed by atoms with Crippen molar-refractivity contribution < 1.29 is 9.53 Å². The summed E-state index contributed by atoms with van der Waals surface area (Å²) in [7, 11) is 0. The third-order valence-corrected chi connectivity index (χ3v) is 5.53. The van der Waals surface area contributed by atoms with E-state index in [1.165, 1.54) is 19.4 Å². The molecule has 1 amide bonds. The van der Waals surface area contributed by atoms with Crippen molar-refractivity contribution in [3.63, 3.8) is 0 Å². The quantitative estimate of drug-likeness (QED) is 0.814. The zero-order valence-corrected chi connectivity index (χ0v) is 15.2. The Bertz CT molecular complexity index is 624. The molecule has 1 aromatic heterocycles. The van der Waals surface area contributed by atoms with Gasteiger partial charge in [0.2, 0.25) is 0 Å². The number of aromatic nitrogens is 1. The Morgan fingerprint density at radius 2 is 1.88 bits per heavy atom. The van der Waals surface area contributed by atoms with Crippen LogP contribution in [0.5, 0.6) is 0 Å². The zero-order valence-electron chi connectivity index (χ0n) is 14.5. The van der Waals surface area contributed by atoms with Gasteiger partial charge in [0.25, 0.3) is 5.91 Å². The molecule has 0 bridgehead atoms. The molecule has 0 spiro atoms. The lowest BCUT2D eigenvalue weighted by Crippen LogP contribution is -2.47. The highest BCUT2D eigenvalue weighted by molar-refractivity contribution is 6.33. The van der Waals surface area contributed by atoms with Gasteiger partial charge in [-0.3, -0.25) is 9.69 Å². The average molecular weight is 365 g/mol. The molecule has 4 rings (SSSR count). The highest BCUT2D eigenvalue weighted by Gasteiger charge is 2.27. The van der Waals surface area contributed by atoms with Gasteiger partial charge >= 0.3 is 0 Å². The van der Waals surface area contributed by atoms with Gasteiger partial charge in [0, 0.05) is 52.0 Å². The van der Waals surface area contributed by atoms with Gasteiger partial charge in [-0.05, 0) is 24.8 Å². The molecule has 0 unspecified atom stereocenters. The normalized spacial score (nSPS) is 22.3. The highest BCUT2D eigenvalue weighted by atomic mass is 35.5. The number of morpholine rings is 1. The smallest absolute Gasteiger partial charge is 0.255 e. The first-order valence-electron chi connectivity index (χ1n) is 9.20. The Morgan fingerprint density at radius 1 is 1.16 bits per heavy atom. The van der Waals surface area contributed by atoms with Crippen LogP contribution in [0.1, 0.15) is 23.2 Å². The summed E-state index contributed by atoms with van der Waals surface area (Å²) in [5.74, 6) is 1.71. The number of anilines is 1. The summed E-state index contributed by atoms with van der Waals surface area (Å²) in [6, 6.07) is 1.76. The van der Waals surface area contributed by atoms with Gasteiger partial charge in [0.05, 0.1) is 23.8 Å². The number of nitrogens with zero attached hydrogens (tertiary/aromatic N) is 4. The van der Waals surface area contributed by atoms with E-state index in [1.54, 1.807) is 17.2 Å². The molecule has 2 saturated heterocycles. The van der Waals surface area contributed by atoms with E-state index in [0.29, 0.717) is 36.9 Å². The number of halogens is 1. The minimum atomic E-state index is -0.0153. The van der Waals surface area contributed by atoms with Gasteiger partial charge in [-0.2, -0.15) is 0 Å². The second kappa shape index (κ2) is 7.48. The fourth-order valence-electron chi connectivity index (χ4n) is 3.54. The SMILES string of the molecule is O=C(c1cnc(N2CCN(CC3CC3)CC2)c(Cl)c1)N1CCOCC1. The van der Waals surface area contributed by atoms with E-state index < -0.39 is 0 Å². The second-order valence-corrected chi connectivity index (χ2v) is 7.57. The van der Waals surface area contributed by atoms with Crippen LogP contribution >= 0.6 is 11.6 Å². The molecule has 3 heterocycles. The van der Waals surface area contributed by atoms with E-state index in [1.807, 2.05) is 0 Å². The molecule has 136 valence electrons. The van der Waals surface area contributed by atoms with Crippen LogP contribution in [0.25, 0.3) is 0 Å². The van der Waals surface area contributed by atoms with Crippen molar-refractivity contribution >= 4 is 23.3 Å². The number of carbonyl (C=O) groups excluding carboxylic acids is 1. The van der Waals surface area contributed by atoms with E-state index in [2.05, 4.69) is 14.8 Å². The number of ether oxygens (including phenoxy) is 1. The zero-order chi connectivity index (χ0) is 17.2. The number of pyridine rings is 1. The number of hydrogen-bond acceptors (Lipinski definition) is 5. The topological polar surface area (TPSA) is 48.9 Å². The van der Waals surface area contributed by atoms with Crippen LogP contribution in [-0.2, 0) is 4.74 Å². The van der Waals surface area contributed by atoms with Crippen molar-refractivity contribution in [2.45, 2.75) is 12.8 Å². The standard InChI is InChI=1S/C18H25ClN4O2/c19-16-11-15(18(24)23-7-9-25-10-8-23)12-20-17(16)22-5-3-21(4-6-22)13-14-1-2-14/h11-12,14H,1-10,13H2. The molecule has 1 aliphatic carbocycles. The van der Waals surface area contributed by atoms with Crippen LogP contribution in [0.2, 0.25) is 5.02 Å². The van der Waals surface area contributed by atoms with Crippen molar-refractivity contribution in [2.75, 3.05) is 63.9 Å². The molecule has 6 nitrogen and oxygen atoms in total. The maximum absolute atomic E-state index is 12.5. The monoisotopic (exact) mass is 364 g/mol. The Balaban J connectivity index is 1.38. The van der Waals surface area contributed by atoms with E-state index in [9.17, 15) is 4.79 Å². The van der Waals surface area contributed by atoms with E-state index in [4.69, 9.17) is 16.3 Å². The Hall–Kier alpha value is -1.37. The minimum Gasteiger partial charge on any atom is -0.378 e. The summed E-state index contributed by atoms with van der Waals surface area (Å²) < 4.78 is 5.30. The van der Waals surface area contributed by atoms with Crippen LogP contribution in [0.4, 0.5) is 5.82 Å². The fraction of sp³-hybridized carbons (Fsp3) is 0.667. The van der Waals surface area contributed by atoms with Crippen molar-refractivity contribution in [3.05, 3.63) is 22.8 Å². The molecule has 7 heteroatoms. The lowest BCUT2D eigenvalue weighted by molar-refractivity contribution is 0.0302. The second-order valence-electron chi connectivity index (χ2n) is 7.17. The maximum Gasteiger partial charge on any atom is 0.255 e. The van der Waals surface area contributed by atoms with Crippen molar-refractivity contribution in [1.82, 2.24) is 14.8 Å². The van der Waals surface area contributed by atoms with E-state index in [0.717, 1.165) is 37.9 Å². The van der Waals surface area contributed by atoms with Gasteiger partial charge < -0.3 is 14.5 Å². The van der Waals surface area contributed by atoms with Crippen LogP contribution in [0.15, 0.2) is 12.3 Å². The molecule has 0 aromatic carbocycles. The van der Waals surface area contributed by atoms with E-state index in [-0.39, 0.29) is 5.91 Å². The van der Waals surface area contributed by atoms with E-state index >= 15 is 0 Å². The molecule has 25 heavy (non-hydrogen) atoms. The Kier molecular flexibility index (Phi) is 5.10. The number of amides is 1. The molecular formula is C18H25ClN4O2. The summed E-state index contributed by atoms with van der Waals surface area (Å²) in [4.78, 5) is 23.6. The summed E-state index contributed by atoms with van der Waals surface area (Å²) in [6.07, 6.45) is 4.45. The van der Waals surface area contributed by atoms with Crippen LogP contribution < -0.4 is 4.90 Å². The van der Waals surface area contributed by atoms with Gasteiger partial charge in [0.15, 0.2) is 0 Å². The fourth-order valence-corrected chi connectivity index (χ4v) is 3.82. The summed E-state index contributed by atoms with van der Waals surface area (Å²) >= 11 is 6.46. The summed E-state index contributed by atoms with van der Waals surface area (Å²) in [5, 5.41) is 0.565. The molecular weight excluding hydrogens is 340 g/mol. The number of rotatable bonds is 4. The van der Waals surface area contributed by atoms with Crippen LogP contribution in [-0.4, -0.2) is 79.7 Å². The average Bonchev–Trinajstić information content (AvgIpc) is 3.47. The van der Waals surface area contributed by atoms with Crippen molar-refractivity contribution in [3.8, 4) is 0 Å². The van der Waals surface area contributed by atoms with Crippen molar-refractivity contribution in [1.29, 1.82) is 0 Å². The third-order valence-electron chi connectivity index (χ3n) is 5.25. The molecule has 3 fully saturated rings. The van der Waals surface area contributed by atoms with Gasteiger partial charge in [0.1, 0.15) is 5.82 Å². The maximum atomic E-state index is 12.5. The molecule has 2 aliphatic heterocycles. The Labute approximate surface area is 153 Å². The first-order chi connectivity index (χ1) is 12.2. The highest BCUT2D eigenvalue weighted by Crippen LogP contribution is 2.31. The molecule has 0 atom stereocenters. The van der Waals surface area contributed by atoms with Crippen LogP contribution in [0, 0.1) is 5.92 Å². The Morgan fingerprint density at radius 3 is 2.52 bits per heavy atom. The summed E-state index contributed by atoms with van der Waals surface area (Å²) in [5.41, 5.74) is 0.558. The lowest BCUT2D eigenvalue weighted by Gasteiger charge is -2.35. The molecule has 0 radical (unpaired) electrons. The first-order valence-corrected chi connectivity index (χ1v) is 9.58. The lowest BCUT2D eigenvalue weighted by atomic mass is 10.2. The number of carbonyl (C=O) groups is 1. The predicted molar refractivity (Wildman–Crippen MR) is 97.3 cm³/mol. The predicted octanol–water partition coefficient (Wildman–Crippen LogP) is 1.74. The van der Waals surface area contributed by atoms with Gasteiger partial charge in [-0.25, -0.2) is 4.98 Å². The number of hydrogen-bond donors (Lipinski definition) is 0. The largest absolute Gasteiger partial charge is 0.378 e. The van der Waals surface area contributed by atoms with Crippen molar-refractivity contribution in [2.24, 2.45) is 5.92 Å². The van der Waals surface area contributed by atoms with Crippen LogP contribution in [0.3, 0.4) is 0 Å². The van der Waals surface area contributed by atoms with Gasteiger partial charge in [-0.15, -0.1) is 0 Å².